The smallest absolute Gasteiger partial charge is 0.329 e. The van der Waals surface area contributed by atoms with Crippen LogP contribution in [-0.2, 0) is 9.59 Å². The van der Waals surface area contributed by atoms with Gasteiger partial charge in [-0.2, -0.15) is 0 Å². The van der Waals surface area contributed by atoms with Crippen LogP contribution in [0, 0.1) is 0 Å². The van der Waals surface area contributed by atoms with Gasteiger partial charge in [0.2, 0.25) is 0 Å². The Hall–Kier alpha value is -2.43. The molecule has 5 nitrogen and oxygen atoms in total. The Kier molecular flexibility index (Phi) is 5.31. The fourth-order valence-corrected chi connectivity index (χ4v) is 1.24. The Morgan fingerprint density at radius 2 is 1.89 bits per heavy atom. The maximum absolute atomic E-state index is 10.7. The molecule has 0 fully saturated rings. The van der Waals surface area contributed by atoms with Gasteiger partial charge >= 0.3 is 11.9 Å². The Balaban J connectivity index is 2.59. The maximum atomic E-state index is 10.7. The maximum Gasteiger partial charge on any atom is 0.329 e. The molecule has 0 bridgehead atoms. The lowest BCUT2D eigenvalue weighted by Gasteiger charge is -2.01. The largest absolute Gasteiger partial charge is 0.481 e. The zero-order chi connectivity index (χ0) is 13.4. The summed E-state index contributed by atoms with van der Waals surface area (Å²) in [5, 5.41) is 17.2. The van der Waals surface area contributed by atoms with Crippen molar-refractivity contribution >= 4 is 24.2 Å². The molecule has 0 aliphatic rings. The summed E-state index contributed by atoms with van der Waals surface area (Å²) in [7, 11) is 0. The zero-order valence-electron chi connectivity index (χ0n) is 9.56. The number of aliphatic imine (C=N–C) groups is 1. The Bertz CT molecular complexity index is 465. The molecule has 0 saturated heterocycles. The first-order valence-corrected chi connectivity index (χ1v) is 5.29. The highest BCUT2D eigenvalue weighted by Crippen LogP contribution is 2.01. The third kappa shape index (κ3) is 5.07. The summed E-state index contributed by atoms with van der Waals surface area (Å²) in [5.41, 5.74) is 0.953. The summed E-state index contributed by atoms with van der Waals surface area (Å²) in [6.07, 6.45) is 4.11. The molecule has 1 aromatic carbocycles. The number of carboxylic acids is 2. The van der Waals surface area contributed by atoms with Gasteiger partial charge in [-0.25, -0.2) is 4.79 Å². The molecule has 0 saturated carbocycles. The van der Waals surface area contributed by atoms with Crippen molar-refractivity contribution in [1.82, 2.24) is 0 Å². The normalized spacial score (nSPS) is 12.9. The number of hydrogen-bond acceptors (Lipinski definition) is 3. The Labute approximate surface area is 104 Å². The van der Waals surface area contributed by atoms with Gasteiger partial charge in [-0.05, 0) is 11.6 Å². The van der Waals surface area contributed by atoms with Crippen LogP contribution in [-0.4, -0.2) is 34.4 Å². The van der Waals surface area contributed by atoms with Gasteiger partial charge in [-0.1, -0.05) is 36.4 Å². The lowest BCUT2D eigenvalue weighted by molar-refractivity contribution is -0.144. The molecule has 0 amide bonds. The molecular formula is C13H13NO4. The van der Waals surface area contributed by atoms with E-state index in [1.54, 1.807) is 12.2 Å². The fourth-order valence-electron chi connectivity index (χ4n) is 1.24. The average Bonchev–Trinajstić information content (AvgIpc) is 2.33. The number of hydrogen-bond donors (Lipinski definition) is 2. The topological polar surface area (TPSA) is 87.0 Å². The van der Waals surface area contributed by atoms with Crippen molar-refractivity contribution in [3.8, 4) is 0 Å². The van der Waals surface area contributed by atoms with E-state index < -0.39 is 24.4 Å². The third-order valence-corrected chi connectivity index (χ3v) is 2.09. The van der Waals surface area contributed by atoms with Crippen LogP contribution in [0.15, 0.2) is 41.4 Å². The van der Waals surface area contributed by atoms with E-state index in [-0.39, 0.29) is 0 Å². The minimum atomic E-state index is -1.25. The van der Waals surface area contributed by atoms with Gasteiger partial charge in [0.1, 0.15) is 0 Å². The van der Waals surface area contributed by atoms with E-state index >= 15 is 0 Å². The number of benzene rings is 1. The Morgan fingerprint density at radius 1 is 1.22 bits per heavy atom. The van der Waals surface area contributed by atoms with Gasteiger partial charge in [-0.3, -0.25) is 9.79 Å². The quantitative estimate of drug-likeness (QED) is 0.749. The highest BCUT2D eigenvalue weighted by Gasteiger charge is 2.18. The third-order valence-electron chi connectivity index (χ3n) is 2.09. The van der Waals surface area contributed by atoms with Crippen LogP contribution in [0.5, 0.6) is 0 Å². The highest BCUT2D eigenvalue weighted by molar-refractivity contribution is 5.85. The first kappa shape index (κ1) is 13.6. The molecule has 18 heavy (non-hydrogen) atoms. The first-order valence-electron chi connectivity index (χ1n) is 5.29. The van der Waals surface area contributed by atoms with Crippen molar-refractivity contribution in [2.45, 2.75) is 12.5 Å². The molecule has 1 unspecified atom stereocenters. The van der Waals surface area contributed by atoms with Gasteiger partial charge in [0.05, 0.1) is 6.42 Å². The van der Waals surface area contributed by atoms with Crippen molar-refractivity contribution in [3.63, 3.8) is 0 Å². The van der Waals surface area contributed by atoms with Gasteiger partial charge in [0.25, 0.3) is 0 Å². The van der Waals surface area contributed by atoms with Crippen LogP contribution >= 0.6 is 0 Å². The predicted molar refractivity (Wildman–Crippen MR) is 67.6 cm³/mol. The van der Waals surface area contributed by atoms with Crippen LogP contribution in [0.25, 0.3) is 6.08 Å². The van der Waals surface area contributed by atoms with E-state index in [0.29, 0.717) is 0 Å². The number of allylic oxidation sites excluding steroid dienone is 1. The molecule has 1 rings (SSSR count). The van der Waals surface area contributed by atoms with Crippen molar-refractivity contribution in [2.75, 3.05) is 0 Å². The van der Waals surface area contributed by atoms with E-state index in [0.717, 1.165) is 5.56 Å². The molecular weight excluding hydrogens is 234 g/mol. The zero-order valence-corrected chi connectivity index (χ0v) is 9.56. The molecule has 0 aromatic heterocycles. The minimum absolute atomic E-state index is 0.523. The van der Waals surface area contributed by atoms with Crippen LogP contribution in [0.1, 0.15) is 12.0 Å². The van der Waals surface area contributed by atoms with E-state index in [1.807, 2.05) is 30.3 Å². The van der Waals surface area contributed by atoms with E-state index in [2.05, 4.69) is 4.99 Å². The SMILES string of the molecule is O=C(O)CC(N=C/C=C/c1ccccc1)C(=O)O. The minimum Gasteiger partial charge on any atom is -0.481 e. The molecule has 0 aliphatic heterocycles. The number of rotatable bonds is 6. The molecule has 1 atom stereocenters. The van der Waals surface area contributed by atoms with Crippen molar-refractivity contribution in [2.24, 2.45) is 4.99 Å². The van der Waals surface area contributed by atoms with Crippen molar-refractivity contribution < 1.29 is 19.8 Å². The number of carboxylic acid groups (broad SMARTS) is 2. The van der Waals surface area contributed by atoms with Crippen LogP contribution in [0.3, 0.4) is 0 Å². The molecule has 0 heterocycles. The van der Waals surface area contributed by atoms with Crippen LogP contribution in [0.4, 0.5) is 0 Å². The number of carbonyl (C=O) groups is 2. The number of nitrogens with zero attached hydrogens (tertiary/aromatic N) is 1. The Morgan fingerprint density at radius 3 is 2.44 bits per heavy atom. The summed E-state index contributed by atoms with van der Waals surface area (Å²) in [4.78, 5) is 24.8. The molecule has 2 N–H and O–H groups in total. The van der Waals surface area contributed by atoms with Gasteiger partial charge < -0.3 is 10.2 Å². The second-order valence-electron chi connectivity index (χ2n) is 3.52. The summed E-state index contributed by atoms with van der Waals surface area (Å²) < 4.78 is 0. The van der Waals surface area contributed by atoms with Crippen LogP contribution in [0.2, 0.25) is 0 Å². The lowest BCUT2D eigenvalue weighted by Crippen LogP contribution is -2.21. The molecule has 5 heteroatoms. The van der Waals surface area contributed by atoms with Crippen LogP contribution < -0.4 is 0 Å². The van der Waals surface area contributed by atoms with Gasteiger partial charge in [0.15, 0.2) is 6.04 Å². The average molecular weight is 247 g/mol. The van der Waals surface area contributed by atoms with Gasteiger partial charge in [0, 0.05) is 6.21 Å². The summed E-state index contributed by atoms with van der Waals surface area (Å²) in [6, 6.07) is 8.16. The first-order chi connectivity index (χ1) is 8.59. The van der Waals surface area contributed by atoms with Gasteiger partial charge in [-0.15, -0.1) is 0 Å². The molecule has 0 aliphatic carbocycles. The number of aliphatic carboxylic acids is 2. The summed E-state index contributed by atoms with van der Waals surface area (Å²) in [6.45, 7) is 0. The highest BCUT2D eigenvalue weighted by atomic mass is 16.4. The standard InChI is InChI=1S/C13H13NO4/c15-12(16)9-11(13(17)18)14-8-4-7-10-5-2-1-3-6-10/h1-8,11H,9H2,(H,15,16)(H,17,18)/b7-4+,14-8?. The summed E-state index contributed by atoms with van der Waals surface area (Å²) >= 11 is 0. The van der Waals surface area contributed by atoms with Crippen molar-refractivity contribution in [1.29, 1.82) is 0 Å². The monoisotopic (exact) mass is 247 g/mol. The van der Waals surface area contributed by atoms with Crippen molar-refractivity contribution in [3.05, 3.63) is 42.0 Å². The predicted octanol–water partition coefficient (Wildman–Crippen LogP) is 1.70. The fraction of sp³-hybridized carbons (Fsp3) is 0.154. The molecule has 0 radical (unpaired) electrons. The second kappa shape index (κ2) is 7.01. The molecule has 1 aromatic rings. The summed E-state index contributed by atoms with van der Waals surface area (Å²) in [5.74, 6) is -2.44. The molecule has 0 spiro atoms. The lowest BCUT2D eigenvalue weighted by atomic mass is 10.2. The van der Waals surface area contributed by atoms with E-state index in [1.165, 1.54) is 6.21 Å². The second-order valence-corrected chi connectivity index (χ2v) is 3.52. The van der Waals surface area contributed by atoms with E-state index in [9.17, 15) is 9.59 Å². The van der Waals surface area contributed by atoms with E-state index in [4.69, 9.17) is 10.2 Å². The molecule has 94 valence electrons.